The maximum Gasteiger partial charge on any atom is 0.406 e. The van der Waals surface area contributed by atoms with Crippen molar-refractivity contribution in [2.45, 2.75) is 70.1 Å². The van der Waals surface area contributed by atoms with Crippen LogP contribution in [0.2, 0.25) is 0 Å². The van der Waals surface area contributed by atoms with Gasteiger partial charge in [0, 0.05) is 23.6 Å². The lowest BCUT2D eigenvalue weighted by Crippen LogP contribution is -2.60. The van der Waals surface area contributed by atoms with Gasteiger partial charge in [-0.05, 0) is 42.5 Å². The highest BCUT2D eigenvalue weighted by atomic mass is 32.1. The van der Waals surface area contributed by atoms with Crippen LogP contribution in [0.15, 0.2) is 35.8 Å². The molecule has 10 heteroatoms. The molecule has 35 heavy (non-hydrogen) atoms. The number of amides is 2. The number of carboxylic acids is 1. The second-order valence-electron chi connectivity index (χ2n) is 10.5. The zero-order valence-corrected chi connectivity index (χ0v) is 21.8. The summed E-state index contributed by atoms with van der Waals surface area (Å²) in [5, 5.41) is 28.0. The van der Waals surface area contributed by atoms with Crippen molar-refractivity contribution < 1.29 is 24.6 Å². The molecule has 1 aliphatic rings. The predicted molar refractivity (Wildman–Crippen MR) is 134 cm³/mol. The van der Waals surface area contributed by atoms with Gasteiger partial charge in [0.25, 0.3) is 5.91 Å². The van der Waals surface area contributed by atoms with Crippen molar-refractivity contribution in [1.82, 2.24) is 20.5 Å². The lowest BCUT2D eigenvalue weighted by Gasteiger charge is -2.39. The molecular formula is C25H34N4O5S. The van der Waals surface area contributed by atoms with E-state index in [1.165, 1.54) is 16.2 Å². The molecule has 1 aromatic heterocycles. The highest BCUT2D eigenvalue weighted by molar-refractivity contribution is 7.09. The van der Waals surface area contributed by atoms with Gasteiger partial charge in [0.2, 0.25) is 0 Å². The van der Waals surface area contributed by atoms with Crippen LogP contribution in [0.3, 0.4) is 0 Å². The molecule has 0 spiro atoms. The van der Waals surface area contributed by atoms with Gasteiger partial charge in [0.15, 0.2) is 0 Å². The van der Waals surface area contributed by atoms with E-state index in [-0.39, 0.29) is 24.2 Å². The van der Waals surface area contributed by atoms with E-state index >= 15 is 0 Å². The summed E-state index contributed by atoms with van der Waals surface area (Å²) >= 11 is 1.25. The van der Waals surface area contributed by atoms with Crippen molar-refractivity contribution in [3.63, 3.8) is 0 Å². The Morgan fingerprint density at radius 1 is 1.20 bits per heavy atom. The number of aromatic nitrogens is 1. The van der Waals surface area contributed by atoms with E-state index in [0.29, 0.717) is 10.6 Å². The van der Waals surface area contributed by atoms with Gasteiger partial charge >= 0.3 is 12.1 Å². The van der Waals surface area contributed by atoms with Gasteiger partial charge in [-0.15, -0.1) is 11.3 Å². The number of carboxylic acid groups (broad SMARTS) is 2. The fourth-order valence-corrected chi connectivity index (χ4v) is 5.89. The summed E-state index contributed by atoms with van der Waals surface area (Å²) in [7, 11) is 1.56. The molecule has 4 N–H and O–H groups in total. The fraction of sp³-hybridized carbons (Fsp3) is 0.520. The molecule has 1 unspecified atom stereocenters. The summed E-state index contributed by atoms with van der Waals surface area (Å²) in [5.74, 6) is -1.76. The van der Waals surface area contributed by atoms with Gasteiger partial charge in [0.05, 0.1) is 0 Å². The number of nitrogens with zero attached hydrogens (tertiary/aromatic N) is 2. The molecule has 2 amide bonds. The van der Waals surface area contributed by atoms with E-state index in [1.807, 2.05) is 26.0 Å². The third-order valence-corrected chi connectivity index (χ3v) is 7.41. The summed E-state index contributed by atoms with van der Waals surface area (Å²) in [4.78, 5) is 44.7. The number of rotatable bonds is 7. The minimum absolute atomic E-state index is 0.0842. The Bertz CT molecular complexity index is 1080. The second-order valence-corrected chi connectivity index (χ2v) is 11.5. The van der Waals surface area contributed by atoms with Crippen LogP contribution in [0.5, 0.6) is 0 Å². The average molecular weight is 503 g/mol. The summed E-state index contributed by atoms with van der Waals surface area (Å²) < 4.78 is 0. The SMILES string of the molecule is CNC1(NC(=O)O)C[C@@](CC(C)C)(C(=O)O)N(C(=O)c2ccc(C(C)(C)C)cc2)[C@H]1c1nccs1. The van der Waals surface area contributed by atoms with Crippen LogP contribution in [-0.4, -0.2) is 56.3 Å². The first-order valence-electron chi connectivity index (χ1n) is 11.5. The lowest BCUT2D eigenvalue weighted by molar-refractivity contribution is -0.150. The van der Waals surface area contributed by atoms with Crippen LogP contribution in [-0.2, 0) is 10.2 Å². The molecule has 3 rings (SSSR count). The third kappa shape index (κ3) is 4.90. The monoisotopic (exact) mass is 502 g/mol. The molecule has 0 radical (unpaired) electrons. The molecule has 1 fully saturated rings. The molecule has 3 atom stereocenters. The normalized spacial score (nSPS) is 24.5. The number of carbonyl (C=O) groups excluding carboxylic acids is 1. The molecule has 0 saturated carbocycles. The number of likely N-dealkylation sites (N-methyl/N-ethyl adjacent to an activating group) is 1. The summed E-state index contributed by atoms with van der Waals surface area (Å²) in [6.45, 7) is 9.97. The van der Waals surface area contributed by atoms with E-state index in [1.54, 1.807) is 30.8 Å². The van der Waals surface area contributed by atoms with Crippen molar-refractivity contribution in [1.29, 1.82) is 0 Å². The number of likely N-dealkylation sites (tertiary alicyclic amines) is 1. The van der Waals surface area contributed by atoms with Crippen LogP contribution < -0.4 is 10.6 Å². The van der Waals surface area contributed by atoms with Crippen LogP contribution in [0, 0.1) is 5.92 Å². The topological polar surface area (TPSA) is 132 Å². The molecule has 1 aromatic carbocycles. The van der Waals surface area contributed by atoms with Crippen molar-refractivity contribution in [3.05, 3.63) is 52.0 Å². The smallest absolute Gasteiger partial charge is 0.406 e. The first-order chi connectivity index (χ1) is 16.3. The van der Waals surface area contributed by atoms with Crippen LogP contribution in [0.1, 0.15) is 74.4 Å². The lowest BCUT2D eigenvalue weighted by atomic mass is 9.83. The Balaban J connectivity index is 2.26. The van der Waals surface area contributed by atoms with Gasteiger partial charge in [-0.2, -0.15) is 0 Å². The molecule has 1 aliphatic heterocycles. The van der Waals surface area contributed by atoms with E-state index in [9.17, 15) is 24.6 Å². The Morgan fingerprint density at radius 2 is 1.83 bits per heavy atom. The van der Waals surface area contributed by atoms with Crippen molar-refractivity contribution in [2.24, 2.45) is 5.92 Å². The predicted octanol–water partition coefficient (Wildman–Crippen LogP) is 4.08. The summed E-state index contributed by atoms with van der Waals surface area (Å²) in [6, 6.07) is 6.16. The van der Waals surface area contributed by atoms with Gasteiger partial charge in [-0.3, -0.25) is 10.1 Å². The Labute approximate surface area is 209 Å². The number of thiazole rings is 1. The van der Waals surface area contributed by atoms with Crippen LogP contribution >= 0.6 is 11.3 Å². The van der Waals surface area contributed by atoms with Crippen molar-refractivity contribution >= 4 is 29.3 Å². The zero-order valence-electron chi connectivity index (χ0n) is 21.0. The second kappa shape index (κ2) is 9.58. The van der Waals surface area contributed by atoms with Gasteiger partial charge in [0.1, 0.15) is 22.3 Å². The first kappa shape index (κ1) is 26.6. The van der Waals surface area contributed by atoms with Crippen molar-refractivity contribution in [2.75, 3.05) is 7.05 Å². The number of carbonyl (C=O) groups is 3. The van der Waals surface area contributed by atoms with Crippen LogP contribution in [0.25, 0.3) is 0 Å². The van der Waals surface area contributed by atoms with E-state index < -0.39 is 35.2 Å². The molecule has 2 heterocycles. The number of benzene rings is 1. The molecule has 0 aliphatic carbocycles. The molecule has 190 valence electrons. The Morgan fingerprint density at radius 3 is 2.26 bits per heavy atom. The highest BCUT2D eigenvalue weighted by Crippen LogP contribution is 2.51. The third-order valence-electron chi connectivity index (χ3n) is 6.58. The number of hydrogen-bond acceptors (Lipinski definition) is 6. The maximum absolute atomic E-state index is 14.1. The molecule has 1 saturated heterocycles. The average Bonchev–Trinajstić information content (AvgIpc) is 3.37. The molecule has 2 aromatic rings. The standard InChI is InChI=1S/C25H34N4O5S/c1-15(2)13-24(21(31)32)14-25(26-6,28-22(33)34)18(19-27-11-12-35-19)29(24)20(30)16-7-9-17(10-8-16)23(3,4)5/h7-12,15,18,26,28H,13-14H2,1-6H3,(H,31,32)(H,33,34)/t18-,24-,25?/m0/s1. The van der Waals surface area contributed by atoms with Gasteiger partial charge in [-0.25, -0.2) is 14.6 Å². The largest absolute Gasteiger partial charge is 0.479 e. The zero-order chi connectivity index (χ0) is 26.2. The molecule has 0 bridgehead atoms. The van der Waals surface area contributed by atoms with E-state index in [0.717, 1.165) is 5.56 Å². The van der Waals surface area contributed by atoms with Gasteiger partial charge < -0.3 is 20.4 Å². The minimum atomic E-state index is -1.67. The Kier molecular flexibility index (Phi) is 7.29. The summed E-state index contributed by atoms with van der Waals surface area (Å²) in [6.07, 6.45) is 0.215. The van der Waals surface area contributed by atoms with E-state index in [2.05, 4.69) is 36.4 Å². The van der Waals surface area contributed by atoms with E-state index in [4.69, 9.17) is 0 Å². The number of nitrogens with one attached hydrogen (secondary N) is 2. The fourth-order valence-electron chi connectivity index (χ4n) is 5.07. The van der Waals surface area contributed by atoms with Crippen LogP contribution in [0.4, 0.5) is 4.79 Å². The Hall–Kier alpha value is -2.98. The first-order valence-corrected chi connectivity index (χ1v) is 12.4. The quantitative estimate of drug-likeness (QED) is 0.420. The highest BCUT2D eigenvalue weighted by Gasteiger charge is 2.66. The summed E-state index contributed by atoms with van der Waals surface area (Å²) in [5.41, 5.74) is -1.88. The molecule has 9 nitrogen and oxygen atoms in total. The molecular weight excluding hydrogens is 468 g/mol. The number of aliphatic carboxylic acids is 1. The minimum Gasteiger partial charge on any atom is -0.479 e. The number of hydrogen-bond donors (Lipinski definition) is 4. The maximum atomic E-state index is 14.1. The van der Waals surface area contributed by atoms with Gasteiger partial charge in [-0.1, -0.05) is 46.8 Å². The van der Waals surface area contributed by atoms with Crippen molar-refractivity contribution in [3.8, 4) is 0 Å².